The molecule has 0 unspecified atom stereocenters. The SMILES string of the molecule is CCOc1ccc(N=Cc2ccc(OCC(=O)Nc3cccc(C)c3)c(Br)c2)cc1. The zero-order chi connectivity index (χ0) is 21.3. The van der Waals surface area contributed by atoms with E-state index in [2.05, 4.69) is 26.2 Å². The van der Waals surface area contributed by atoms with Crippen molar-refractivity contribution in [2.24, 2.45) is 4.99 Å². The molecule has 0 saturated heterocycles. The first-order valence-corrected chi connectivity index (χ1v) is 10.4. The molecule has 0 heterocycles. The van der Waals surface area contributed by atoms with Crippen molar-refractivity contribution in [3.05, 3.63) is 82.3 Å². The van der Waals surface area contributed by atoms with E-state index >= 15 is 0 Å². The summed E-state index contributed by atoms with van der Waals surface area (Å²) in [6.45, 7) is 4.49. The van der Waals surface area contributed by atoms with Crippen LogP contribution in [0, 0.1) is 6.92 Å². The van der Waals surface area contributed by atoms with Crippen LogP contribution < -0.4 is 14.8 Å². The van der Waals surface area contributed by atoms with Crippen LogP contribution in [0.3, 0.4) is 0 Å². The van der Waals surface area contributed by atoms with Gasteiger partial charge in [-0.15, -0.1) is 0 Å². The number of anilines is 1. The first kappa shape index (κ1) is 21.6. The molecule has 0 fully saturated rings. The Balaban J connectivity index is 1.56. The van der Waals surface area contributed by atoms with Crippen LogP contribution >= 0.6 is 15.9 Å². The molecule has 3 aromatic carbocycles. The number of halogens is 1. The summed E-state index contributed by atoms with van der Waals surface area (Å²) in [6, 6.07) is 20.8. The lowest BCUT2D eigenvalue weighted by Crippen LogP contribution is -2.20. The number of carbonyl (C=O) groups is 1. The van der Waals surface area contributed by atoms with E-state index in [1.165, 1.54) is 0 Å². The summed E-state index contributed by atoms with van der Waals surface area (Å²) in [5.74, 6) is 1.20. The van der Waals surface area contributed by atoms with E-state index in [9.17, 15) is 4.79 Å². The summed E-state index contributed by atoms with van der Waals surface area (Å²) < 4.78 is 11.8. The molecule has 0 aliphatic rings. The molecule has 0 atom stereocenters. The zero-order valence-corrected chi connectivity index (χ0v) is 18.5. The van der Waals surface area contributed by atoms with Gasteiger partial charge in [-0.2, -0.15) is 0 Å². The minimum atomic E-state index is -0.214. The number of carbonyl (C=O) groups excluding carboxylic acids is 1. The van der Waals surface area contributed by atoms with Crippen LogP contribution in [0.15, 0.2) is 76.2 Å². The number of nitrogens with zero attached hydrogens (tertiary/aromatic N) is 1. The van der Waals surface area contributed by atoms with Gasteiger partial charge in [-0.25, -0.2) is 0 Å². The fourth-order valence-electron chi connectivity index (χ4n) is 2.72. The molecule has 154 valence electrons. The third-order valence-electron chi connectivity index (χ3n) is 4.13. The van der Waals surface area contributed by atoms with Gasteiger partial charge in [-0.05, 0) is 95.5 Å². The normalized spacial score (nSPS) is 10.8. The predicted octanol–water partition coefficient (Wildman–Crippen LogP) is 5.92. The largest absolute Gasteiger partial charge is 0.494 e. The highest BCUT2D eigenvalue weighted by Gasteiger charge is 2.07. The van der Waals surface area contributed by atoms with Crippen LogP contribution in [0.25, 0.3) is 0 Å². The second-order valence-corrected chi connectivity index (χ2v) is 7.44. The third-order valence-corrected chi connectivity index (χ3v) is 4.75. The highest BCUT2D eigenvalue weighted by Crippen LogP contribution is 2.26. The van der Waals surface area contributed by atoms with Gasteiger partial charge in [-0.1, -0.05) is 12.1 Å². The van der Waals surface area contributed by atoms with Crippen molar-refractivity contribution < 1.29 is 14.3 Å². The van der Waals surface area contributed by atoms with Crippen molar-refractivity contribution in [3.8, 4) is 11.5 Å². The molecule has 0 aliphatic carbocycles. The van der Waals surface area contributed by atoms with Crippen molar-refractivity contribution >= 4 is 39.4 Å². The maximum atomic E-state index is 12.1. The number of rotatable bonds is 8. The first-order valence-electron chi connectivity index (χ1n) is 9.59. The number of aliphatic imine (C=N–C) groups is 1. The molecule has 0 radical (unpaired) electrons. The standard InChI is InChI=1S/C24H23BrN2O3/c1-3-29-21-10-8-19(9-11-21)26-15-18-7-12-23(22(25)14-18)30-16-24(28)27-20-6-4-5-17(2)13-20/h4-15H,3,16H2,1-2H3,(H,27,28). The Bertz CT molecular complexity index is 1030. The maximum Gasteiger partial charge on any atom is 0.262 e. The second-order valence-electron chi connectivity index (χ2n) is 6.58. The Morgan fingerprint density at radius 2 is 1.87 bits per heavy atom. The van der Waals surface area contributed by atoms with Crippen molar-refractivity contribution in [2.45, 2.75) is 13.8 Å². The minimum Gasteiger partial charge on any atom is -0.494 e. The molecular formula is C24H23BrN2O3. The van der Waals surface area contributed by atoms with E-state index in [1.54, 1.807) is 6.21 Å². The van der Waals surface area contributed by atoms with E-state index < -0.39 is 0 Å². The fraction of sp³-hybridized carbons (Fsp3) is 0.167. The van der Waals surface area contributed by atoms with E-state index in [1.807, 2.05) is 80.6 Å². The van der Waals surface area contributed by atoms with Crippen molar-refractivity contribution in [2.75, 3.05) is 18.5 Å². The second kappa shape index (κ2) is 10.6. The van der Waals surface area contributed by atoms with Crippen LogP contribution in [-0.2, 0) is 4.79 Å². The van der Waals surface area contributed by atoms with Gasteiger partial charge >= 0.3 is 0 Å². The number of ether oxygens (including phenoxy) is 2. The third kappa shape index (κ3) is 6.46. The van der Waals surface area contributed by atoms with Crippen molar-refractivity contribution in [1.82, 2.24) is 0 Å². The van der Waals surface area contributed by atoms with Gasteiger partial charge in [0.15, 0.2) is 6.61 Å². The van der Waals surface area contributed by atoms with Crippen LogP contribution in [0.2, 0.25) is 0 Å². The summed E-state index contributed by atoms with van der Waals surface area (Å²) in [7, 11) is 0. The van der Waals surface area contributed by atoms with Crippen LogP contribution in [0.4, 0.5) is 11.4 Å². The number of hydrogen-bond donors (Lipinski definition) is 1. The van der Waals surface area contributed by atoms with Crippen molar-refractivity contribution in [1.29, 1.82) is 0 Å². The van der Waals surface area contributed by atoms with Crippen LogP contribution in [-0.4, -0.2) is 25.3 Å². The van der Waals surface area contributed by atoms with Crippen LogP contribution in [0.5, 0.6) is 11.5 Å². The van der Waals surface area contributed by atoms with Gasteiger partial charge in [0.1, 0.15) is 11.5 Å². The molecule has 1 amide bonds. The van der Waals surface area contributed by atoms with E-state index in [4.69, 9.17) is 9.47 Å². The summed E-state index contributed by atoms with van der Waals surface area (Å²) in [4.78, 5) is 16.6. The average Bonchev–Trinajstić information content (AvgIpc) is 2.73. The smallest absolute Gasteiger partial charge is 0.262 e. The molecule has 1 N–H and O–H groups in total. The van der Waals surface area contributed by atoms with Crippen molar-refractivity contribution in [3.63, 3.8) is 0 Å². The van der Waals surface area contributed by atoms with Gasteiger partial charge in [0, 0.05) is 11.9 Å². The van der Waals surface area contributed by atoms with E-state index in [0.29, 0.717) is 12.4 Å². The molecule has 6 heteroatoms. The van der Waals surface area contributed by atoms with Gasteiger partial charge < -0.3 is 14.8 Å². The maximum absolute atomic E-state index is 12.1. The Morgan fingerprint density at radius 3 is 2.57 bits per heavy atom. The lowest BCUT2D eigenvalue weighted by molar-refractivity contribution is -0.118. The zero-order valence-electron chi connectivity index (χ0n) is 16.9. The molecule has 0 aromatic heterocycles. The number of benzene rings is 3. The highest BCUT2D eigenvalue weighted by atomic mass is 79.9. The summed E-state index contributed by atoms with van der Waals surface area (Å²) in [5, 5.41) is 2.82. The van der Waals surface area contributed by atoms with Gasteiger partial charge in [-0.3, -0.25) is 9.79 Å². The minimum absolute atomic E-state index is 0.0772. The van der Waals surface area contributed by atoms with E-state index in [0.717, 1.165) is 32.7 Å². The first-order chi connectivity index (χ1) is 14.5. The van der Waals surface area contributed by atoms with Crippen LogP contribution in [0.1, 0.15) is 18.1 Å². The molecule has 0 bridgehead atoms. The Hall–Kier alpha value is -3.12. The number of nitrogens with one attached hydrogen (secondary N) is 1. The summed E-state index contributed by atoms with van der Waals surface area (Å²) >= 11 is 3.49. The molecule has 0 saturated carbocycles. The molecule has 30 heavy (non-hydrogen) atoms. The molecule has 0 spiro atoms. The van der Waals surface area contributed by atoms with E-state index in [-0.39, 0.29) is 12.5 Å². The highest BCUT2D eigenvalue weighted by molar-refractivity contribution is 9.10. The van der Waals surface area contributed by atoms with Gasteiger partial charge in [0.05, 0.1) is 16.8 Å². The molecule has 0 aliphatic heterocycles. The lowest BCUT2D eigenvalue weighted by atomic mass is 10.2. The number of aryl methyl sites for hydroxylation is 1. The number of amides is 1. The quantitative estimate of drug-likeness (QED) is 0.418. The summed E-state index contributed by atoms with van der Waals surface area (Å²) in [6.07, 6.45) is 1.77. The Labute approximate surface area is 184 Å². The molecular weight excluding hydrogens is 444 g/mol. The lowest BCUT2D eigenvalue weighted by Gasteiger charge is -2.10. The Morgan fingerprint density at radius 1 is 1.07 bits per heavy atom. The molecule has 3 rings (SSSR count). The molecule has 3 aromatic rings. The van der Waals surface area contributed by atoms with Gasteiger partial charge in [0.25, 0.3) is 5.91 Å². The molecule has 5 nitrogen and oxygen atoms in total. The average molecular weight is 467 g/mol. The van der Waals surface area contributed by atoms with Gasteiger partial charge in [0.2, 0.25) is 0 Å². The monoisotopic (exact) mass is 466 g/mol. The Kier molecular flexibility index (Phi) is 7.63. The number of hydrogen-bond acceptors (Lipinski definition) is 4. The summed E-state index contributed by atoms with van der Waals surface area (Å²) in [5.41, 5.74) is 3.58. The predicted molar refractivity (Wildman–Crippen MR) is 124 cm³/mol. The fourth-order valence-corrected chi connectivity index (χ4v) is 3.23. The topological polar surface area (TPSA) is 59.9 Å².